The summed E-state index contributed by atoms with van der Waals surface area (Å²) < 4.78 is 11.3. The fourth-order valence-corrected chi connectivity index (χ4v) is 2.05. The van der Waals surface area contributed by atoms with E-state index >= 15 is 0 Å². The van der Waals surface area contributed by atoms with E-state index in [0.29, 0.717) is 24.5 Å². The minimum atomic E-state index is -0.445. The molecule has 0 bridgehead atoms. The summed E-state index contributed by atoms with van der Waals surface area (Å²) in [4.78, 5) is 11.0. The molecule has 2 aromatic rings. The van der Waals surface area contributed by atoms with Crippen molar-refractivity contribution < 1.29 is 14.3 Å². The summed E-state index contributed by atoms with van der Waals surface area (Å²) in [6, 6.07) is 12.8. The maximum absolute atomic E-state index is 11.0. The summed E-state index contributed by atoms with van der Waals surface area (Å²) in [5, 5.41) is 0. The fourth-order valence-electron chi connectivity index (χ4n) is 2.05. The average Bonchev–Trinajstić information content (AvgIpc) is 2.46. The molecular formula is C17H19NO3. The van der Waals surface area contributed by atoms with Gasteiger partial charge in [0.05, 0.1) is 0 Å². The van der Waals surface area contributed by atoms with Crippen LogP contribution in [0, 0.1) is 13.8 Å². The Morgan fingerprint density at radius 3 is 2.10 bits per heavy atom. The van der Waals surface area contributed by atoms with Crippen molar-refractivity contribution in [2.24, 2.45) is 5.73 Å². The first-order valence-corrected chi connectivity index (χ1v) is 6.79. The fraction of sp³-hybridized carbons (Fsp3) is 0.235. The standard InChI is InChI=1S/C17H19NO3/c1-12-4-3-5-13(2)16(12)21-11-10-20-15-8-6-14(7-9-15)17(18)19/h3-9H,10-11H2,1-2H3,(H2,18,19). The van der Waals surface area contributed by atoms with Crippen LogP contribution in [0.4, 0.5) is 0 Å². The third-order valence-corrected chi connectivity index (χ3v) is 3.15. The summed E-state index contributed by atoms with van der Waals surface area (Å²) >= 11 is 0. The van der Waals surface area contributed by atoms with Gasteiger partial charge in [0.2, 0.25) is 5.91 Å². The molecule has 0 heterocycles. The van der Waals surface area contributed by atoms with Gasteiger partial charge in [0.15, 0.2) is 0 Å². The summed E-state index contributed by atoms with van der Waals surface area (Å²) in [6.45, 7) is 4.93. The number of amides is 1. The number of hydrogen-bond donors (Lipinski definition) is 1. The Balaban J connectivity index is 1.83. The van der Waals surface area contributed by atoms with Crippen molar-refractivity contribution in [2.45, 2.75) is 13.8 Å². The Morgan fingerprint density at radius 2 is 1.52 bits per heavy atom. The van der Waals surface area contributed by atoms with Gasteiger partial charge in [-0.2, -0.15) is 0 Å². The molecule has 2 N–H and O–H groups in total. The van der Waals surface area contributed by atoms with Crippen LogP contribution in [0.3, 0.4) is 0 Å². The van der Waals surface area contributed by atoms with Crippen LogP contribution in [0.15, 0.2) is 42.5 Å². The van der Waals surface area contributed by atoms with Gasteiger partial charge in [-0.3, -0.25) is 4.79 Å². The van der Waals surface area contributed by atoms with Crippen LogP contribution in [-0.2, 0) is 0 Å². The van der Waals surface area contributed by atoms with Gasteiger partial charge >= 0.3 is 0 Å². The molecule has 0 aliphatic heterocycles. The van der Waals surface area contributed by atoms with Gasteiger partial charge in [-0.25, -0.2) is 0 Å². The molecule has 21 heavy (non-hydrogen) atoms. The smallest absolute Gasteiger partial charge is 0.248 e. The molecule has 4 nitrogen and oxygen atoms in total. The zero-order valence-corrected chi connectivity index (χ0v) is 12.3. The zero-order valence-electron chi connectivity index (χ0n) is 12.3. The molecule has 110 valence electrons. The minimum Gasteiger partial charge on any atom is -0.490 e. The Bertz CT molecular complexity index is 600. The molecule has 0 radical (unpaired) electrons. The van der Waals surface area contributed by atoms with E-state index in [0.717, 1.165) is 16.9 Å². The van der Waals surface area contributed by atoms with Crippen LogP contribution in [0.1, 0.15) is 21.5 Å². The van der Waals surface area contributed by atoms with Crippen LogP contribution < -0.4 is 15.2 Å². The molecule has 0 aliphatic carbocycles. The van der Waals surface area contributed by atoms with E-state index in [1.165, 1.54) is 0 Å². The minimum absolute atomic E-state index is 0.434. The Hall–Kier alpha value is -2.49. The first kappa shape index (κ1) is 14.9. The van der Waals surface area contributed by atoms with Gasteiger partial charge in [0, 0.05) is 5.56 Å². The van der Waals surface area contributed by atoms with E-state index in [1.807, 2.05) is 32.0 Å². The number of aryl methyl sites for hydroxylation is 2. The highest BCUT2D eigenvalue weighted by Crippen LogP contribution is 2.22. The largest absolute Gasteiger partial charge is 0.490 e. The number of rotatable bonds is 6. The van der Waals surface area contributed by atoms with Crippen molar-refractivity contribution in [3.63, 3.8) is 0 Å². The average molecular weight is 285 g/mol. The maximum Gasteiger partial charge on any atom is 0.248 e. The van der Waals surface area contributed by atoms with E-state index < -0.39 is 5.91 Å². The van der Waals surface area contributed by atoms with Crippen LogP contribution in [0.25, 0.3) is 0 Å². The molecule has 0 aromatic heterocycles. The lowest BCUT2D eigenvalue weighted by atomic mass is 10.1. The highest BCUT2D eigenvalue weighted by atomic mass is 16.5. The van der Waals surface area contributed by atoms with Crippen LogP contribution in [-0.4, -0.2) is 19.1 Å². The molecule has 0 saturated heterocycles. The molecular weight excluding hydrogens is 266 g/mol. The first-order valence-electron chi connectivity index (χ1n) is 6.79. The summed E-state index contributed by atoms with van der Waals surface area (Å²) in [7, 11) is 0. The van der Waals surface area contributed by atoms with E-state index in [9.17, 15) is 4.79 Å². The van der Waals surface area contributed by atoms with Crippen molar-refractivity contribution in [3.8, 4) is 11.5 Å². The second-order valence-corrected chi connectivity index (χ2v) is 4.81. The lowest BCUT2D eigenvalue weighted by molar-refractivity contribution is 0.1000. The summed E-state index contributed by atoms with van der Waals surface area (Å²) in [5.74, 6) is 1.15. The predicted octanol–water partition coefficient (Wildman–Crippen LogP) is 2.86. The first-order chi connectivity index (χ1) is 10.1. The SMILES string of the molecule is Cc1cccc(C)c1OCCOc1ccc(C(N)=O)cc1. The van der Waals surface area contributed by atoms with Crippen molar-refractivity contribution in [2.75, 3.05) is 13.2 Å². The summed E-state index contributed by atoms with van der Waals surface area (Å²) in [6.07, 6.45) is 0. The molecule has 4 heteroatoms. The molecule has 0 aliphatic rings. The second-order valence-electron chi connectivity index (χ2n) is 4.81. The van der Waals surface area contributed by atoms with Crippen molar-refractivity contribution in [3.05, 3.63) is 59.2 Å². The van der Waals surface area contributed by atoms with Gasteiger partial charge < -0.3 is 15.2 Å². The van der Waals surface area contributed by atoms with Crippen molar-refractivity contribution >= 4 is 5.91 Å². The van der Waals surface area contributed by atoms with E-state index in [1.54, 1.807) is 24.3 Å². The Labute approximate surface area is 124 Å². The number of ether oxygens (including phenoxy) is 2. The zero-order chi connectivity index (χ0) is 15.2. The molecule has 2 rings (SSSR count). The molecule has 0 spiro atoms. The van der Waals surface area contributed by atoms with Gasteiger partial charge in [0.25, 0.3) is 0 Å². The number of carbonyl (C=O) groups is 1. The van der Waals surface area contributed by atoms with Crippen molar-refractivity contribution in [1.29, 1.82) is 0 Å². The normalized spacial score (nSPS) is 10.2. The summed E-state index contributed by atoms with van der Waals surface area (Å²) in [5.41, 5.74) is 7.87. The Kier molecular flexibility index (Phi) is 4.82. The molecule has 1 amide bonds. The topological polar surface area (TPSA) is 61.6 Å². The van der Waals surface area contributed by atoms with Crippen LogP contribution in [0.5, 0.6) is 11.5 Å². The molecule has 0 unspecified atom stereocenters. The molecule has 0 fully saturated rings. The Morgan fingerprint density at radius 1 is 0.952 bits per heavy atom. The number of nitrogens with two attached hydrogens (primary N) is 1. The van der Waals surface area contributed by atoms with Crippen LogP contribution in [0.2, 0.25) is 0 Å². The monoisotopic (exact) mass is 285 g/mol. The van der Waals surface area contributed by atoms with Gasteiger partial charge in [0.1, 0.15) is 24.7 Å². The van der Waals surface area contributed by atoms with Crippen molar-refractivity contribution in [1.82, 2.24) is 0 Å². The van der Waals surface area contributed by atoms with Crippen LogP contribution >= 0.6 is 0 Å². The molecule has 0 atom stereocenters. The lowest BCUT2D eigenvalue weighted by Crippen LogP contribution is -2.12. The number of hydrogen-bond acceptors (Lipinski definition) is 3. The molecule has 0 saturated carbocycles. The number of para-hydroxylation sites is 1. The van der Waals surface area contributed by atoms with Gasteiger partial charge in [-0.15, -0.1) is 0 Å². The third kappa shape index (κ3) is 3.99. The number of primary amides is 1. The predicted molar refractivity (Wildman–Crippen MR) is 81.9 cm³/mol. The third-order valence-electron chi connectivity index (χ3n) is 3.15. The van der Waals surface area contributed by atoms with E-state index in [4.69, 9.17) is 15.2 Å². The second kappa shape index (κ2) is 6.79. The van der Waals surface area contributed by atoms with E-state index in [2.05, 4.69) is 0 Å². The number of carbonyl (C=O) groups excluding carboxylic acids is 1. The van der Waals surface area contributed by atoms with Gasteiger partial charge in [-0.05, 0) is 49.2 Å². The van der Waals surface area contributed by atoms with E-state index in [-0.39, 0.29) is 0 Å². The highest BCUT2D eigenvalue weighted by molar-refractivity contribution is 5.92. The lowest BCUT2D eigenvalue weighted by Gasteiger charge is -2.12. The quantitative estimate of drug-likeness (QED) is 0.830. The number of benzene rings is 2. The van der Waals surface area contributed by atoms with Gasteiger partial charge in [-0.1, -0.05) is 18.2 Å². The highest BCUT2D eigenvalue weighted by Gasteiger charge is 2.03. The molecule has 2 aromatic carbocycles. The maximum atomic E-state index is 11.0.